The summed E-state index contributed by atoms with van der Waals surface area (Å²) in [5.74, 6) is -0.169. The molecule has 1 aliphatic carbocycles. The van der Waals surface area contributed by atoms with E-state index >= 15 is 0 Å². The van der Waals surface area contributed by atoms with Crippen molar-refractivity contribution < 1.29 is 17.9 Å². The third kappa shape index (κ3) is 6.78. The van der Waals surface area contributed by atoms with Crippen molar-refractivity contribution >= 4 is 22.0 Å². The highest BCUT2D eigenvalue weighted by molar-refractivity contribution is 7.92. The molecule has 8 heteroatoms. The lowest BCUT2D eigenvalue weighted by Gasteiger charge is -2.27. The molecule has 1 amide bonds. The molecule has 0 atom stereocenters. The van der Waals surface area contributed by atoms with Crippen molar-refractivity contribution in [2.45, 2.75) is 31.8 Å². The molecule has 1 heterocycles. The molecule has 0 radical (unpaired) electrons. The molecule has 168 valence electrons. The molecule has 1 saturated carbocycles. The van der Waals surface area contributed by atoms with Crippen LogP contribution in [0.25, 0.3) is 6.08 Å². The van der Waals surface area contributed by atoms with Crippen LogP contribution in [0.4, 0.5) is 0 Å². The van der Waals surface area contributed by atoms with Crippen molar-refractivity contribution in [2.24, 2.45) is 7.05 Å². The standard InChI is InChI=1S/C23H31N3O4S/c1-24-14-6-10-22(24)18-26(21-11-12-21)23(27)19-25(15-7-16-30-2)31(28,29)17-13-20-8-4-3-5-9-20/h3-6,8-10,13-14,17,21H,7,11-12,15-16,18-19H2,1-2H3/b17-13+. The number of hydrogen-bond donors (Lipinski definition) is 0. The largest absolute Gasteiger partial charge is 0.385 e. The Kier molecular flexibility index (Phi) is 8.06. The molecule has 0 bridgehead atoms. The van der Waals surface area contributed by atoms with E-state index in [9.17, 15) is 13.2 Å². The Morgan fingerprint density at radius 2 is 1.94 bits per heavy atom. The highest BCUT2D eigenvalue weighted by atomic mass is 32.2. The number of amides is 1. The molecule has 0 aliphatic heterocycles. The SMILES string of the molecule is COCCCN(CC(=O)N(Cc1cccn1C)C1CC1)S(=O)(=O)/C=C/c1ccccc1. The van der Waals surface area contributed by atoms with Crippen molar-refractivity contribution in [1.29, 1.82) is 0 Å². The average molecular weight is 446 g/mol. The topological polar surface area (TPSA) is 71.8 Å². The zero-order valence-corrected chi connectivity index (χ0v) is 19.0. The zero-order chi connectivity index (χ0) is 22.3. The molecular formula is C23H31N3O4S. The average Bonchev–Trinajstić information content (AvgIpc) is 3.52. The van der Waals surface area contributed by atoms with E-state index in [1.165, 1.54) is 9.71 Å². The van der Waals surface area contributed by atoms with Crippen molar-refractivity contribution in [3.05, 3.63) is 65.3 Å². The maximum absolute atomic E-state index is 13.2. The second-order valence-corrected chi connectivity index (χ2v) is 9.62. The number of aromatic nitrogens is 1. The van der Waals surface area contributed by atoms with Crippen LogP contribution in [-0.4, -0.2) is 60.9 Å². The first kappa shape index (κ1) is 23.2. The predicted molar refractivity (Wildman–Crippen MR) is 121 cm³/mol. The van der Waals surface area contributed by atoms with Gasteiger partial charge in [0.25, 0.3) is 0 Å². The van der Waals surface area contributed by atoms with E-state index in [2.05, 4.69) is 0 Å². The van der Waals surface area contributed by atoms with Gasteiger partial charge in [-0.25, -0.2) is 8.42 Å². The van der Waals surface area contributed by atoms with E-state index < -0.39 is 10.0 Å². The fourth-order valence-corrected chi connectivity index (χ4v) is 4.56. The summed E-state index contributed by atoms with van der Waals surface area (Å²) in [4.78, 5) is 15.0. The van der Waals surface area contributed by atoms with E-state index in [-0.39, 0.29) is 25.0 Å². The van der Waals surface area contributed by atoms with Gasteiger partial charge in [-0.3, -0.25) is 4.79 Å². The Hall–Kier alpha value is -2.42. The molecule has 1 fully saturated rings. The van der Waals surface area contributed by atoms with E-state index in [0.29, 0.717) is 19.6 Å². The van der Waals surface area contributed by atoms with Gasteiger partial charge in [-0.1, -0.05) is 30.3 Å². The van der Waals surface area contributed by atoms with Crippen LogP contribution in [0.15, 0.2) is 54.1 Å². The number of carbonyl (C=O) groups excluding carboxylic acids is 1. The first-order valence-electron chi connectivity index (χ1n) is 10.5. The normalized spacial score (nSPS) is 14.4. The molecule has 31 heavy (non-hydrogen) atoms. The van der Waals surface area contributed by atoms with Gasteiger partial charge in [-0.05, 0) is 43.0 Å². The van der Waals surface area contributed by atoms with E-state index in [1.807, 2.05) is 65.2 Å². The summed E-state index contributed by atoms with van der Waals surface area (Å²) in [5.41, 5.74) is 1.82. The fourth-order valence-electron chi connectivity index (χ4n) is 3.38. The summed E-state index contributed by atoms with van der Waals surface area (Å²) in [6.07, 6.45) is 5.94. The summed E-state index contributed by atoms with van der Waals surface area (Å²) < 4.78 is 34.4. The number of ether oxygens (including phenoxy) is 1. The maximum Gasteiger partial charge on any atom is 0.238 e. The molecule has 0 unspecified atom stereocenters. The Balaban J connectivity index is 1.74. The van der Waals surface area contributed by atoms with Gasteiger partial charge in [0, 0.05) is 50.6 Å². The van der Waals surface area contributed by atoms with Crippen molar-refractivity contribution in [2.75, 3.05) is 26.8 Å². The van der Waals surface area contributed by atoms with Gasteiger partial charge < -0.3 is 14.2 Å². The predicted octanol–water partition coefficient (Wildman–Crippen LogP) is 2.86. The third-order valence-electron chi connectivity index (χ3n) is 5.35. The summed E-state index contributed by atoms with van der Waals surface area (Å²) in [5, 5.41) is 1.18. The molecule has 7 nitrogen and oxygen atoms in total. The Morgan fingerprint density at radius 1 is 1.19 bits per heavy atom. The molecule has 0 saturated heterocycles. The van der Waals surface area contributed by atoms with Gasteiger partial charge in [-0.15, -0.1) is 0 Å². The Morgan fingerprint density at radius 3 is 2.55 bits per heavy atom. The second-order valence-electron chi connectivity index (χ2n) is 7.80. The van der Waals surface area contributed by atoms with Gasteiger partial charge in [0.15, 0.2) is 0 Å². The smallest absolute Gasteiger partial charge is 0.238 e. The molecule has 0 N–H and O–H groups in total. The van der Waals surface area contributed by atoms with Gasteiger partial charge >= 0.3 is 0 Å². The van der Waals surface area contributed by atoms with Crippen LogP contribution >= 0.6 is 0 Å². The molecule has 2 aromatic rings. The summed E-state index contributed by atoms with van der Waals surface area (Å²) in [7, 11) is -0.238. The van der Waals surface area contributed by atoms with Crippen molar-refractivity contribution in [3.8, 4) is 0 Å². The molecule has 1 aliphatic rings. The van der Waals surface area contributed by atoms with Gasteiger partial charge in [0.05, 0.1) is 13.1 Å². The number of rotatable bonds is 12. The van der Waals surface area contributed by atoms with Gasteiger partial charge in [0.2, 0.25) is 15.9 Å². The monoisotopic (exact) mass is 445 g/mol. The van der Waals surface area contributed by atoms with Crippen LogP contribution in [0.5, 0.6) is 0 Å². The molecular weight excluding hydrogens is 414 g/mol. The summed E-state index contributed by atoms with van der Waals surface area (Å²) in [6, 6.07) is 13.4. The fraction of sp³-hybridized carbons (Fsp3) is 0.435. The highest BCUT2D eigenvalue weighted by Gasteiger charge is 2.34. The van der Waals surface area contributed by atoms with Crippen LogP contribution in [0.1, 0.15) is 30.5 Å². The molecule has 0 spiro atoms. The zero-order valence-electron chi connectivity index (χ0n) is 18.2. The minimum Gasteiger partial charge on any atom is -0.385 e. The molecule has 1 aromatic carbocycles. The summed E-state index contributed by atoms with van der Waals surface area (Å²) in [6.45, 7) is 0.965. The van der Waals surface area contributed by atoms with Crippen LogP contribution < -0.4 is 0 Å². The number of carbonyl (C=O) groups is 1. The number of benzene rings is 1. The van der Waals surface area contributed by atoms with Crippen molar-refractivity contribution in [3.63, 3.8) is 0 Å². The maximum atomic E-state index is 13.2. The quantitative estimate of drug-likeness (QED) is 0.471. The second kappa shape index (κ2) is 10.7. The van der Waals surface area contributed by atoms with E-state index in [1.54, 1.807) is 13.2 Å². The number of sulfonamides is 1. The third-order valence-corrected chi connectivity index (χ3v) is 6.86. The lowest BCUT2D eigenvalue weighted by atomic mass is 10.2. The van der Waals surface area contributed by atoms with Gasteiger partial charge in [-0.2, -0.15) is 4.31 Å². The van der Waals surface area contributed by atoms with E-state index in [4.69, 9.17) is 4.74 Å². The summed E-state index contributed by atoms with van der Waals surface area (Å²) >= 11 is 0. The molecule has 1 aromatic heterocycles. The number of methoxy groups -OCH3 is 1. The van der Waals surface area contributed by atoms with E-state index in [0.717, 1.165) is 24.1 Å². The van der Waals surface area contributed by atoms with Crippen LogP contribution in [0.2, 0.25) is 0 Å². The van der Waals surface area contributed by atoms with Crippen LogP contribution in [0.3, 0.4) is 0 Å². The number of nitrogens with zero attached hydrogens (tertiary/aromatic N) is 3. The minimum atomic E-state index is -3.76. The lowest BCUT2D eigenvalue weighted by molar-refractivity contribution is -0.132. The Labute approximate surface area is 185 Å². The first-order valence-corrected chi connectivity index (χ1v) is 12.0. The first-order chi connectivity index (χ1) is 14.9. The van der Waals surface area contributed by atoms with Crippen LogP contribution in [0, 0.1) is 0 Å². The van der Waals surface area contributed by atoms with Crippen LogP contribution in [-0.2, 0) is 33.1 Å². The Bertz CT molecular complexity index is 981. The van der Waals surface area contributed by atoms with Crippen molar-refractivity contribution in [1.82, 2.24) is 13.8 Å². The lowest BCUT2D eigenvalue weighted by Crippen LogP contribution is -2.43. The van der Waals surface area contributed by atoms with Gasteiger partial charge in [0.1, 0.15) is 0 Å². The minimum absolute atomic E-state index is 0.169. The highest BCUT2D eigenvalue weighted by Crippen LogP contribution is 2.29. The number of aryl methyl sites for hydroxylation is 1. The number of hydrogen-bond acceptors (Lipinski definition) is 4. The molecule has 3 rings (SSSR count).